The highest BCUT2D eigenvalue weighted by atomic mass is 35.5. The summed E-state index contributed by atoms with van der Waals surface area (Å²) in [5, 5.41) is 8.02. The number of benzene rings is 2. The molecule has 0 aliphatic rings. The molecule has 0 saturated heterocycles. The van der Waals surface area contributed by atoms with E-state index in [-0.39, 0.29) is 17.3 Å². The molecule has 1 amide bonds. The molecule has 0 spiro atoms. The maximum Gasteiger partial charge on any atom is 0.272 e. The van der Waals surface area contributed by atoms with Crippen LogP contribution >= 0.6 is 23.2 Å². The molecule has 0 saturated carbocycles. The van der Waals surface area contributed by atoms with Crippen molar-refractivity contribution in [2.45, 2.75) is 19.5 Å². The van der Waals surface area contributed by atoms with Crippen LogP contribution in [-0.2, 0) is 6.54 Å². The van der Waals surface area contributed by atoms with Crippen molar-refractivity contribution >= 4 is 29.1 Å². The largest absolute Gasteiger partial charge is 0.344 e. The summed E-state index contributed by atoms with van der Waals surface area (Å²) in [6.07, 6.45) is 0. The summed E-state index contributed by atoms with van der Waals surface area (Å²) in [7, 11) is 0. The van der Waals surface area contributed by atoms with E-state index < -0.39 is 5.91 Å². The Morgan fingerprint density at radius 3 is 2.56 bits per heavy atom. The average Bonchev–Trinajstić information content (AvgIpc) is 2.64. The minimum Gasteiger partial charge on any atom is -0.344 e. The van der Waals surface area contributed by atoms with Gasteiger partial charge >= 0.3 is 0 Å². The molecule has 1 atom stereocenters. The van der Waals surface area contributed by atoms with Gasteiger partial charge in [-0.3, -0.25) is 9.59 Å². The maximum atomic E-state index is 12.6. The zero-order valence-electron chi connectivity index (χ0n) is 14.5. The highest BCUT2D eigenvalue weighted by molar-refractivity contribution is 6.35. The van der Waals surface area contributed by atoms with Gasteiger partial charge in [0.05, 0.1) is 12.6 Å². The zero-order chi connectivity index (χ0) is 19.4. The number of rotatable bonds is 5. The maximum absolute atomic E-state index is 12.6. The summed E-state index contributed by atoms with van der Waals surface area (Å²) < 4.78 is 1.27. The lowest BCUT2D eigenvalue weighted by atomic mass is 10.1. The van der Waals surface area contributed by atoms with E-state index in [1.165, 1.54) is 16.8 Å². The second kappa shape index (κ2) is 8.37. The third kappa shape index (κ3) is 4.76. The molecule has 138 valence electrons. The molecule has 7 heteroatoms. The standard InChI is InChI=1S/C20H17Cl2N3O2/c1-13(16-8-7-15(21)11-17(16)22)23-20(27)18-9-10-19(26)25(24-18)12-14-5-3-2-4-6-14/h2-11,13H,12H2,1H3,(H,23,27). The minimum absolute atomic E-state index is 0.155. The fourth-order valence-electron chi connectivity index (χ4n) is 2.64. The van der Waals surface area contributed by atoms with Gasteiger partial charge in [0, 0.05) is 16.1 Å². The van der Waals surface area contributed by atoms with Crippen molar-refractivity contribution < 1.29 is 4.79 Å². The third-order valence-corrected chi connectivity index (χ3v) is 4.61. The van der Waals surface area contributed by atoms with Crippen LogP contribution in [0.15, 0.2) is 65.5 Å². The average molecular weight is 402 g/mol. The Hall–Kier alpha value is -2.63. The van der Waals surface area contributed by atoms with Crippen LogP contribution < -0.4 is 10.9 Å². The van der Waals surface area contributed by atoms with E-state index in [0.717, 1.165) is 11.1 Å². The lowest BCUT2D eigenvalue weighted by molar-refractivity contribution is 0.0932. The first-order valence-electron chi connectivity index (χ1n) is 8.32. The SMILES string of the molecule is CC(NC(=O)c1ccc(=O)n(Cc2ccccc2)n1)c1ccc(Cl)cc1Cl. The second-order valence-corrected chi connectivity index (χ2v) is 6.90. The molecular weight excluding hydrogens is 385 g/mol. The number of hydrogen-bond donors (Lipinski definition) is 1. The summed E-state index contributed by atoms with van der Waals surface area (Å²) in [5.74, 6) is -0.393. The van der Waals surface area contributed by atoms with Gasteiger partial charge in [-0.15, -0.1) is 0 Å². The van der Waals surface area contributed by atoms with Crippen LogP contribution in [0.3, 0.4) is 0 Å². The molecule has 0 fully saturated rings. The van der Waals surface area contributed by atoms with Crippen molar-refractivity contribution in [1.82, 2.24) is 15.1 Å². The first kappa shape index (κ1) is 19.1. The van der Waals surface area contributed by atoms with E-state index in [2.05, 4.69) is 10.4 Å². The monoisotopic (exact) mass is 401 g/mol. The summed E-state index contributed by atoms with van der Waals surface area (Å²) in [6, 6.07) is 17.0. The van der Waals surface area contributed by atoms with Crippen molar-refractivity contribution in [3.05, 3.63) is 97.9 Å². The molecule has 0 aliphatic heterocycles. The predicted octanol–water partition coefficient (Wildman–Crippen LogP) is 4.09. The zero-order valence-corrected chi connectivity index (χ0v) is 16.0. The van der Waals surface area contributed by atoms with Crippen molar-refractivity contribution in [2.75, 3.05) is 0 Å². The fourth-order valence-corrected chi connectivity index (χ4v) is 3.21. The molecular formula is C20H17Cl2N3O2. The van der Waals surface area contributed by atoms with Crippen molar-refractivity contribution in [1.29, 1.82) is 0 Å². The molecule has 1 aromatic heterocycles. The van der Waals surface area contributed by atoms with Gasteiger partial charge in [0.2, 0.25) is 0 Å². The summed E-state index contributed by atoms with van der Waals surface area (Å²) in [6.45, 7) is 2.10. The number of carbonyl (C=O) groups is 1. The number of nitrogens with zero attached hydrogens (tertiary/aromatic N) is 2. The van der Waals surface area contributed by atoms with Gasteiger partial charge < -0.3 is 5.32 Å². The number of carbonyl (C=O) groups excluding carboxylic acids is 1. The highest BCUT2D eigenvalue weighted by Gasteiger charge is 2.16. The van der Waals surface area contributed by atoms with E-state index in [1.807, 2.05) is 37.3 Å². The molecule has 1 N–H and O–H groups in total. The van der Waals surface area contributed by atoms with Crippen LogP contribution in [0.25, 0.3) is 0 Å². The minimum atomic E-state index is -0.393. The first-order chi connectivity index (χ1) is 12.9. The Kier molecular flexibility index (Phi) is 5.94. The number of nitrogens with one attached hydrogen (secondary N) is 1. The van der Waals surface area contributed by atoms with E-state index in [9.17, 15) is 9.59 Å². The highest BCUT2D eigenvalue weighted by Crippen LogP contribution is 2.26. The number of halogens is 2. The van der Waals surface area contributed by atoms with Crippen molar-refractivity contribution in [3.63, 3.8) is 0 Å². The molecule has 2 aromatic carbocycles. The van der Waals surface area contributed by atoms with Gasteiger partial charge in [-0.05, 0) is 36.2 Å². The molecule has 1 unspecified atom stereocenters. The molecule has 27 heavy (non-hydrogen) atoms. The predicted molar refractivity (Wildman–Crippen MR) is 106 cm³/mol. The van der Waals surface area contributed by atoms with E-state index >= 15 is 0 Å². The number of hydrogen-bond acceptors (Lipinski definition) is 3. The molecule has 0 bridgehead atoms. The molecule has 3 aromatic rings. The summed E-state index contributed by atoms with van der Waals surface area (Å²) in [5.41, 5.74) is 1.55. The van der Waals surface area contributed by atoms with Crippen LogP contribution in [0.5, 0.6) is 0 Å². The van der Waals surface area contributed by atoms with Gasteiger partial charge in [-0.25, -0.2) is 4.68 Å². The quantitative estimate of drug-likeness (QED) is 0.699. The molecule has 5 nitrogen and oxygen atoms in total. The Morgan fingerprint density at radius 1 is 1.11 bits per heavy atom. The Morgan fingerprint density at radius 2 is 1.85 bits per heavy atom. The van der Waals surface area contributed by atoms with Gasteiger partial charge in [-0.1, -0.05) is 59.6 Å². The lowest BCUT2D eigenvalue weighted by Gasteiger charge is -2.16. The smallest absolute Gasteiger partial charge is 0.272 e. The number of aromatic nitrogens is 2. The van der Waals surface area contributed by atoms with Crippen LogP contribution in [0.1, 0.15) is 34.6 Å². The Balaban J connectivity index is 1.78. The topological polar surface area (TPSA) is 64.0 Å². The molecule has 0 aliphatic carbocycles. The van der Waals surface area contributed by atoms with Gasteiger partial charge in [0.25, 0.3) is 11.5 Å². The molecule has 0 radical (unpaired) electrons. The van der Waals surface area contributed by atoms with Crippen LogP contribution in [-0.4, -0.2) is 15.7 Å². The van der Waals surface area contributed by atoms with Gasteiger partial charge in [0.1, 0.15) is 5.69 Å². The second-order valence-electron chi connectivity index (χ2n) is 6.06. The Bertz CT molecular complexity index is 1020. The van der Waals surface area contributed by atoms with Crippen LogP contribution in [0.4, 0.5) is 0 Å². The van der Waals surface area contributed by atoms with Gasteiger partial charge in [0.15, 0.2) is 0 Å². The first-order valence-corrected chi connectivity index (χ1v) is 9.07. The summed E-state index contributed by atoms with van der Waals surface area (Å²) >= 11 is 12.1. The normalized spacial score (nSPS) is 11.8. The van der Waals surface area contributed by atoms with E-state index in [4.69, 9.17) is 23.2 Å². The summed E-state index contributed by atoms with van der Waals surface area (Å²) in [4.78, 5) is 24.6. The Labute approximate surface area is 166 Å². The number of amides is 1. The van der Waals surface area contributed by atoms with Crippen molar-refractivity contribution in [3.8, 4) is 0 Å². The molecule has 3 rings (SSSR count). The fraction of sp³-hybridized carbons (Fsp3) is 0.150. The van der Waals surface area contributed by atoms with Crippen LogP contribution in [0, 0.1) is 0 Å². The third-order valence-electron chi connectivity index (χ3n) is 4.05. The van der Waals surface area contributed by atoms with Crippen molar-refractivity contribution in [2.24, 2.45) is 0 Å². The van der Waals surface area contributed by atoms with E-state index in [0.29, 0.717) is 16.6 Å². The van der Waals surface area contributed by atoms with E-state index in [1.54, 1.807) is 18.2 Å². The van der Waals surface area contributed by atoms with Gasteiger partial charge in [-0.2, -0.15) is 5.10 Å². The molecule has 1 heterocycles. The lowest BCUT2D eigenvalue weighted by Crippen LogP contribution is -2.31. The van der Waals surface area contributed by atoms with Crippen LogP contribution in [0.2, 0.25) is 10.0 Å².